The maximum absolute atomic E-state index is 10.7. The summed E-state index contributed by atoms with van der Waals surface area (Å²) in [6.07, 6.45) is 0. The Bertz CT molecular complexity index is 197. The number of Topliss-reactive ketones (excluding diaryl/α,β-unsaturated/α-hetero) is 1. The molecule has 0 atom stereocenters. The van der Waals surface area contributed by atoms with Gasteiger partial charge in [-0.15, -0.1) is 0 Å². The van der Waals surface area contributed by atoms with Gasteiger partial charge in [0.05, 0.1) is 7.11 Å². The molecule has 0 unspecified atom stereocenters. The summed E-state index contributed by atoms with van der Waals surface area (Å²) in [7, 11) is 2.41. The third-order valence-electron chi connectivity index (χ3n) is 0.895. The molecule has 0 spiro atoms. The topological polar surface area (TPSA) is 65.0 Å². The monoisotopic (exact) mass is 159 g/mol. The highest BCUT2D eigenvalue weighted by atomic mass is 16.6. The minimum atomic E-state index is -0.792. The Hall–Kier alpha value is -1.39. The third kappa shape index (κ3) is 2.79. The predicted molar refractivity (Wildman–Crippen MR) is 37.1 cm³/mol. The molecule has 0 aromatic carbocycles. The van der Waals surface area contributed by atoms with Crippen LogP contribution < -0.4 is 0 Å². The molecule has 5 nitrogen and oxygen atoms in total. The zero-order valence-corrected chi connectivity index (χ0v) is 6.58. The van der Waals surface area contributed by atoms with Gasteiger partial charge in [-0.2, -0.15) is 0 Å². The van der Waals surface area contributed by atoms with Crippen molar-refractivity contribution in [1.82, 2.24) is 0 Å². The van der Waals surface area contributed by atoms with Crippen LogP contribution in [0.4, 0.5) is 0 Å². The summed E-state index contributed by atoms with van der Waals surface area (Å²) in [5, 5.41) is 3.19. The molecule has 0 bridgehead atoms. The molecule has 0 saturated heterocycles. The van der Waals surface area contributed by atoms with Gasteiger partial charge >= 0.3 is 5.97 Å². The fourth-order valence-electron chi connectivity index (χ4n) is 0.433. The molecule has 0 radical (unpaired) electrons. The highest BCUT2D eigenvalue weighted by Gasteiger charge is 2.17. The first-order valence-electron chi connectivity index (χ1n) is 2.84. The first kappa shape index (κ1) is 9.61. The number of esters is 1. The Morgan fingerprint density at radius 1 is 1.27 bits per heavy atom. The maximum atomic E-state index is 10.7. The summed E-state index contributed by atoms with van der Waals surface area (Å²) in [4.78, 5) is 25.6. The van der Waals surface area contributed by atoms with Crippen LogP contribution in [0.3, 0.4) is 0 Å². The lowest BCUT2D eigenvalue weighted by atomic mass is 10.3. The molecule has 0 fully saturated rings. The normalized spacial score (nSPS) is 10.6. The summed E-state index contributed by atoms with van der Waals surface area (Å²) < 4.78 is 4.26. The number of oxime groups is 1. The quantitative estimate of drug-likeness (QED) is 0.246. The molecule has 5 heteroatoms. The SMILES string of the molecule is CON=C(C(C)=O)C(=O)OC. The summed E-state index contributed by atoms with van der Waals surface area (Å²) in [6, 6.07) is 0. The lowest BCUT2D eigenvalue weighted by Crippen LogP contribution is -2.23. The number of methoxy groups -OCH3 is 1. The van der Waals surface area contributed by atoms with E-state index in [1.54, 1.807) is 0 Å². The fraction of sp³-hybridized carbons (Fsp3) is 0.500. The van der Waals surface area contributed by atoms with Crippen molar-refractivity contribution >= 4 is 17.5 Å². The smallest absolute Gasteiger partial charge is 0.363 e. The molecule has 0 heterocycles. The molecule has 11 heavy (non-hydrogen) atoms. The minimum Gasteiger partial charge on any atom is -0.464 e. The van der Waals surface area contributed by atoms with E-state index in [9.17, 15) is 9.59 Å². The zero-order chi connectivity index (χ0) is 8.85. The molecule has 62 valence electrons. The number of rotatable bonds is 3. The average Bonchev–Trinajstić information content (AvgIpc) is 1.98. The molecule has 0 aromatic heterocycles. The zero-order valence-electron chi connectivity index (χ0n) is 6.58. The molecule has 0 N–H and O–H groups in total. The van der Waals surface area contributed by atoms with E-state index in [2.05, 4.69) is 14.7 Å². The lowest BCUT2D eigenvalue weighted by molar-refractivity contribution is -0.133. The van der Waals surface area contributed by atoms with Crippen LogP contribution in [0.5, 0.6) is 0 Å². The van der Waals surface area contributed by atoms with Crippen molar-refractivity contribution in [2.45, 2.75) is 6.92 Å². The number of hydrogen-bond acceptors (Lipinski definition) is 5. The molecule has 0 aromatic rings. The van der Waals surface area contributed by atoms with Crippen molar-refractivity contribution in [3.05, 3.63) is 0 Å². The first-order valence-corrected chi connectivity index (χ1v) is 2.84. The summed E-state index contributed by atoms with van der Waals surface area (Å²) in [5.74, 6) is -1.28. The first-order chi connectivity index (χ1) is 5.13. The highest BCUT2D eigenvalue weighted by molar-refractivity contribution is 6.63. The van der Waals surface area contributed by atoms with Crippen molar-refractivity contribution in [3.63, 3.8) is 0 Å². The van der Waals surface area contributed by atoms with E-state index < -0.39 is 11.8 Å². The molecular formula is C6H9NO4. The van der Waals surface area contributed by atoms with Crippen molar-refractivity contribution in [3.8, 4) is 0 Å². The number of ether oxygens (including phenoxy) is 1. The van der Waals surface area contributed by atoms with Crippen molar-refractivity contribution in [2.75, 3.05) is 14.2 Å². The van der Waals surface area contributed by atoms with E-state index in [1.165, 1.54) is 14.0 Å². The lowest BCUT2D eigenvalue weighted by Gasteiger charge is -1.97. The summed E-state index contributed by atoms with van der Waals surface area (Å²) in [6.45, 7) is 1.20. The van der Waals surface area contributed by atoms with E-state index in [0.717, 1.165) is 7.11 Å². The summed E-state index contributed by atoms with van der Waals surface area (Å²) >= 11 is 0. The number of ketones is 1. The number of hydrogen-bond donors (Lipinski definition) is 0. The Balaban J connectivity index is 4.48. The van der Waals surface area contributed by atoms with Crippen LogP contribution in [0.15, 0.2) is 5.16 Å². The van der Waals surface area contributed by atoms with Crippen LogP contribution in [-0.4, -0.2) is 31.7 Å². The second-order valence-electron chi connectivity index (χ2n) is 1.67. The number of carbonyl (C=O) groups excluding carboxylic acids is 2. The Morgan fingerprint density at radius 3 is 2.09 bits per heavy atom. The van der Waals surface area contributed by atoms with Gasteiger partial charge in [-0.05, 0) is 0 Å². The van der Waals surface area contributed by atoms with Crippen LogP contribution in [-0.2, 0) is 19.2 Å². The van der Waals surface area contributed by atoms with Gasteiger partial charge < -0.3 is 9.57 Å². The van der Waals surface area contributed by atoms with Gasteiger partial charge in [0.15, 0.2) is 5.78 Å². The highest BCUT2D eigenvalue weighted by Crippen LogP contribution is 1.86. The number of carbonyl (C=O) groups is 2. The van der Waals surface area contributed by atoms with Gasteiger partial charge in [-0.25, -0.2) is 4.79 Å². The molecule has 0 rings (SSSR count). The predicted octanol–water partition coefficient (Wildman–Crippen LogP) is -0.249. The Labute approximate surface area is 64.0 Å². The van der Waals surface area contributed by atoms with Gasteiger partial charge in [0, 0.05) is 6.92 Å². The van der Waals surface area contributed by atoms with E-state index in [4.69, 9.17) is 0 Å². The van der Waals surface area contributed by atoms with E-state index in [1.807, 2.05) is 0 Å². The fourth-order valence-corrected chi connectivity index (χ4v) is 0.433. The maximum Gasteiger partial charge on any atom is 0.363 e. The third-order valence-corrected chi connectivity index (χ3v) is 0.895. The van der Waals surface area contributed by atoms with Crippen LogP contribution in [0.25, 0.3) is 0 Å². The largest absolute Gasteiger partial charge is 0.464 e. The van der Waals surface area contributed by atoms with E-state index in [-0.39, 0.29) is 5.71 Å². The second-order valence-corrected chi connectivity index (χ2v) is 1.67. The van der Waals surface area contributed by atoms with Crippen molar-refractivity contribution < 1.29 is 19.2 Å². The van der Waals surface area contributed by atoms with Gasteiger partial charge in [0.2, 0.25) is 5.71 Å². The summed E-state index contributed by atoms with van der Waals surface area (Å²) in [5.41, 5.74) is -0.338. The second kappa shape index (κ2) is 4.43. The van der Waals surface area contributed by atoms with Gasteiger partial charge in [-0.3, -0.25) is 4.79 Å². The van der Waals surface area contributed by atoms with Crippen LogP contribution >= 0.6 is 0 Å². The Morgan fingerprint density at radius 2 is 1.82 bits per heavy atom. The number of nitrogens with zero attached hydrogens (tertiary/aromatic N) is 1. The van der Waals surface area contributed by atoms with Gasteiger partial charge in [0.25, 0.3) is 0 Å². The van der Waals surface area contributed by atoms with E-state index >= 15 is 0 Å². The molecular weight excluding hydrogens is 150 g/mol. The molecule has 0 aliphatic carbocycles. The Kier molecular flexibility index (Phi) is 3.87. The van der Waals surface area contributed by atoms with Crippen molar-refractivity contribution in [1.29, 1.82) is 0 Å². The minimum absolute atomic E-state index is 0.338. The van der Waals surface area contributed by atoms with Crippen LogP contribution in [0.2, 0.25) is 0 Å². The molecule has 0 saturated carbocycles. The molecule has 0 aliphatic rings. The van der Waals surface area contributed by atoms with Crippen molar-refractivity contribution in [2.24, 2.45) is 5.16 Å². The molecule has 0 amide bonds. The van der Waals surface area contributed by atoms with Gasteiger partial charge in [0.1, 0.15) is 7.11 Å². The van der Waals surface area contributed by atoms with Crippen LogP contribution in [0.1, 0.15) is 6.92 Å². The standard InChI is InChI=1S/C6H9NO4/c1-4(8)5(7-11-3)6(9)10-2/h1-3H3. The van der Waals surface area contributed by atoms with E-state index in [0.29, 0.717) is 0 Å². The van der Waals surface area contributed by atoms with Crippen LogP contribution in [0, 0.1) is 0 Å². The van der Waals surface area contributed by atoms with Gasteiger partial charge in [-0.1, -0.05) is 5.16 Å². The molecule has 0 aliphatic heterocycles. The average molecular weight is 159 g/mol.